The van der Waals surface area contributed by atoms with E-state index in [1.807, 2.05) is 18.2 Å². The smallest absolute Gasteiger partial charge is 0.307 e. The predicted molar refractivity (Wildman–Crippen MR) is 125 cm³/mol. The molecule has 0 atom stereocenters. The van der Waals surface area contributed by atoms with Gasteiger partial charge in [0.05, 0.1) is 19.6 Å². The Morgan fingerprint density at radius 3 is 2.53 bits per heavy atom. The van der Waals surface area contributed by atoms with Crippen LogP contribution in [0.5, 0.6) is 5.75 Å². The fourth-order valence-corrected chi connectivity index (χ4v) is 3.93. The first kappa shape index (κ1) is 23.8. The van der Waals surface area contributed by atoms with Gasteiger partial charge in [0.1, 0.15) is 5.75 Å². The number of carboxylic acid groups (broad SMARTS) is 1. The number of carbonyl (C=O) groups is 2. The molecule has 2 N–H and O–H groups in total. The maximum Gasteiger partial charge on any atom is 0.307 e. The maximum atomic E-state index is 12.6. The van der Waals surface area contributed by atoms with Crippen molar-refractivity contribution >= 4 is 11.9 Å². The number of amides is 1. The van der Waals surface area contributed by atoms with Crippen LogP contribution in [-0.4, -0.2) is 41.6 Å². The monoisotopic (exact) mass is 438 g/mol. The first-order chi connectivity index (χ1) is 15.4. The van der Waals surface area contributed by atoms with E-state index in [0.717, 1.165) is 41.7 Å². The Bertz CT molecular complexity index is 909. The second-order valence-corrected chi connectivity index (χ2v) is 8.81. The Labute approximate surface area is 190 Å². The quantitative estimate of drug-likeness (QED) is 0.734. The third-order valence-electron chi connectivity index (χ3n) is 5.69. The van der Waals surface area contributed by atoms with E-state index < -0.39 is 5.97 Å². The molecule has 1 aliphatic heterocycles. The first-order valence-electron chi connectivity index (χ1n) is 11.4. The summed E-state index contributed by atoms with van der Waals surface area (Å²) in [5.41, 5.74) is 4.06. The third kappa shape index (κ3) is 7.38. The number of aliphatic carboxylic acids is 1. The topological polar surface area (TPSA) is 78.9 Å². The van der Waals surface area contributed by atoms with E-state index >= 15 is 0 Å². The van der Waals surface area contributed by atoms with E-state index in [0.29, 0.717) is 32.2 Å². The predicted octanol–water partition coefficient (Wildman–Crippen LogP) is 4.12. The summed E-state index contributed by atoms with van der Waals surface area (Å²) in [6, 6.07) is 14.1. The Morgan fingerprint density at radius 2 is 1.81 bits per heavy atom. The Morgan fingerprint density at radius 1 is 1.06 bits per heavy atom. The summed E-state index contributed by atoms with van der Waals surface area (Å²) in [7, 11) is 0. The van der Waals surface area contributed by atoms with Crippen molar-refractivity contribution in [3.63, 3.8) is 0 Å². The van der Waals surface area contributed by atoms with Crippen LogP contribution in [-0.2, 0) is 29.1 Å². The Kier molecular flexibility index (Phi) is 8.68. The zero-order valence-corrected chi connectivity index (χ0v) is 19.1. The molecule has 2 aromatic rings. The molecule has 2 aromatic carbocycles. The third-order valence-corrected chi connectivity index (χ3v) is 5.69. The Hall–Kier alpha value is -2.86. The number of rotatable bonds is 5. The van der Waals surface area contributed by atoms with Gasteiger partial charge in [-0.15, -0.1) is 0 Å². The number of nitrogens with zero attached hydrogens (tertiary/aromatic N) is 1. The molecular formula is C26H34N2O4. The molecule has 1 heterocycles. The van der Waals surface area contributed by atoms with Crippen LogP contribution in [0.25, 0.3) is 0 Å². The van der Waals surface area contributed by atoms with E-state index in [2.05, 4.69) is 48.3 Å². The molecule has 0 fully saturated rings. The van der Waals surface area contributed by atoms with Gasteiger partial charge in [0.25, 0.3) is 0 Å². The number of hydrogen-bond acceptors (Lipinski definition) is 4. The van der Waals surface area contributed by atoms with Crippen LogP contribution >= 0.6 is 0 Å². The summed E-state index contributed by atoms with van der Waals surface area (Å²) < 4.78 is 6.05. The van der Waals surface area contributed by atoms with Gasteiger partial charge in [-0.3, -0.25) is 14.5 Å². The van der Waals surface area contributed by atoms with E-state index in [4.69, 9.17) is 4.74 Å². The minimum absolute atomic E-state index is 0.00667. The van der Waals surface area contributed by atoms with Crippen LogP contribution in [0.4, 0.5) is 0 Å². The molecule has 1 aliphatic rings. The summed E-state index contributed by atoms with van der Waals surface area (Å²) in [5, 5.41) is 12.2. The molecule has 0 spiro atoms. The van der Waals surface area contributed by atoms with E-state index in [1.165, 1.54) is 5.56 Å². The van der Waals surface area contributed by atoms with Crippen LogP contribution in [0.2, 0.25) is 0 Å². The van der Waals surface area contributed by atoms with Crippen LogP contribution in [0.3, 0.4) is 0 Å². The highest BCUT2D eigenvalue weighted by Gasteiger charge is 2.17. The van der Waals surface area contributed by atoms with Crippen molar-refractivity contribution in [3.05, 3.63) is 64.7 Å². The van der Waals surface area contributed by atoms with Crippen molar-refractivity contribution in [3.8, 4) is 5.75 Å². The van der Waals surface area contributed by atoms with Crippen molar-refractivity contribution in [2.45, 2.75) is 58.5 Å². The number of carbonyl (C=O) groups excluding carboxylic acids is 1. The number of nitrogens with one attached hydrogen (secondary N) is 1. The lowest BCUT2D eigenvalue weighted by molar-refractivity contribution is -0.136. The van der Waals surface area contributed by atoms with Gasteiger partial charge in [-0.2, -0.15) is 0 Å². The minimum atomic E-state index is -0.864. The van der Waals surface area contributed by atoms with Gasteiger partial charge in [-0.25, -0.2) is 0 Å². The molecule has 0 unspecified atom stereocenters. The van der Waals surface area contributed by atoms with Gasteiger partial charge in [-0.1, -0.05) is 50.2 Å². The van der Waals surface area contributed by atoms with Crippen LogP contribution < -0.4 is 10.1 Å². The zero-order chi connectivity index (χ0) is 22.9. The number of benzene rings is 2. The summed E-state index contributed by atoms with van der Waals surface area (Å²) in [6.45, 7) is 7.01. The van der Waals surface area contributed by atoms with E-state index in [-0.39, 0.29) is 18.9 Å². The van der Waals surface area contributed by atoms with Gasteiger partial charge in [0, 0.05) is 25.2 Å². The molecule has 0 bridgehead atoms. The molecule has 0 saturated carbocycles. The molecule has 0 aromatic heterocycles. The molecule has 32 heavy (non-hydrogen) atoms. The molecule has 0 aliphatic carbocycles. The summed E-state index contributed by atoms with van der Waals surface area (Å²) in [4.78, 5) is 25.9. The van der Waals surface area contributed by atoms with Crippen molar-refractivity contribution < 1.29 is 19.4 Å². The van der Waals surface area contributed by atoms with Gasteiger partial charge < -0.3 is 15.2 Å². The molecule has 0 radical (unpaired) electrons. The highest BCUT2D eigenvalue weighted by atomic mass is 16.5. The normalized spacial score (nSPS) is 16.2. The molecule has 172 valence electrons. The summed E-state index contributed by atoms with van der Waals surface area (Å²) >= 11 is 0. The van der Waals surface area contributed by atoms with Crippen molar-refractivity contribution in [1.29, 1.82) is 0 Å². The van der Waals surface area contributed by atoms with Crippen molar-refractivity contribution in [2.24, 2.45) is 0 Å². The van der Waals surface area contributed by atoms with Gasteiger partial charge in [-0.05, 0) is 47.9 Å². The van der Waals surface area contributed by atoms with E-state index in [1.54, 1.807) is 0 Å². The number of carboxylic acids is 1. The number of ether oxygens (including phenoxy) is 1. The lowest BCUT2D eigenvalue weighted by Crippen LogP contribution is -2.37. The average Bonchev–Trinajstić information content (AvgIpc) is 2.75. The zero-order valence-electron chi connectivity index (χ0n) is 19.1. The lowest BCUT2D eigenvalue weighted by atomic mass is 10.0. The molecule has 0 saturated heterocycles. The summed E-state index contributed by atoms with van der Waals surface area (Å²) in [5.74, 6) is 0.375. The second kappa shape index (κ2) is 11.7. The SMILES string of the molecule is CC(C)c1ccc(CN2CC(=O)NCCCCCOc3ccc(CC(=O)O)cc3C2)cc1. The van der Waals surface area contributed by atoms with Gasteiger partial charge in [0.2, 0.25) is 5.91 Å². The standard InChI is InChI=1S/C26H34N2O4/c1-19(2)22-9-6-20(7-10-22)16-28-17-23-14-21(15-26(30)31)8-11-24(23)32-13-5-3-4-12-27-25(29)18-28/h6-11,14,19H,3-5,12-13,15-18H2,1-2H3,(H,27,29)(H,30,31). The molecule has 6 heteroatoms. The maximum absolute atomic E-state index is 12.6. The largest absolute Gasteiger partial charge is 0.493 e. The van der Waals surface area contributed by atoms with E-state index in [9.17, 15) is 14.7 Å². The lowest BCUT2D eigenvalue weighted by Gasteiger charge is -2.24. The summed E-state index contributed by atoms with van der Waals surface area (Å²) in [6.07, 6.45) is 2.79. The fraction of sp³-hybridized carbons (Fsp3) is 0.462. The van der Waals surface area contributed by atoms with Crippen molar-refractivity contribution in [2.75, 3.05) is 19.7 Å². The molecule has 3 rings (SSSR count). The van der Waals surface area contributed by atoms with Crippen molar-refractivity contribution in [1.82, 2.24) is 10.2 Å². The Balaban J connectivity index is 1.86. The molecule has 1 amide bonds. The van der Waals surface area contributed by atoms with Crippen LogP contribution in [0, 0.1) is 0 Å². The highest BCUT2D eigenvalue weighted by Crippen LogP contribution is 2.24. The van der Waals surface area contributed by atoms with Crippen LogP contribution in [0.15, 0.2) is 42.5 Å². The first-order valence-corrected chi connectivity index (χ1v) is 11.4. The highest BCUT2D eigenvalue weighted by molar-refractivity contribution is 5.78. The number of hydrogen-bond donors (Lipinski definition) is 2. The second-order valence-electron chi connectivity index (χ2n) is 8.81. The fourth-order valence-electron chi connectivity index (χ4n) is 3.93. The van der Waals surface area contributed by atoms with Crippen LogP contribution in [0.1, 0.15) is 61.3 Å². The minimum Gasteiger partial charge on any atom is -0.493 e. The number of fused-ring (bicyclic) bond motifs is 1. The van der Waals surface area contributed by atoms with Gasteiger partial charge in [0.15, 0.2) is 0 Å². The molecule has 6 nitrogen and oxygen atoms in total. The van der Waals surface area contributed by atoms with Gasteiger partial charge >= 0.3 is 5.97 Å². The average molecular weight is 439 g/mol. The molecular weight excluding hydrogens is 404 g/mol.